The van der Waals surface area contributed by atoms with Gasteiger partial charge in [-0.25, -0.2) is 0 Å². The normalized spacial score (nSPS) is 13.8. The molecule has 114 valence electrons. The minimum absolute atomic E-state index is 0.247. The van der Waals surface area contributed by atoms with Gasteiger partial charge in [0.05, 0.1) is 0 Å². The first-order chi connectivity index (χ1) is 9.61. The SMILES string of the molecule is CC(C(C#C[Si](C)(C)C)c1ccc(N(C)C)cc1)[N+](=O)[O-]. The summed E-state index contributed by atoms with van der Waals surface area (Å²) in [6.45, 7) is 8.05. The fourth-order valence-corrected chi connectivity index (χ4v) is 2.47. The Morgan fingerprint density at radius 1 is 1.19 bits per heavy atom. The van der Waals surface area contributed by atoms with Crippen molar-refractivity contribution in [1.29, 1.82) is 0 Å². The van der Waals surface area contributed by atoms with Crippen LogP contribution < -0.4 is 4.90 Å². The van der Waals surface area contributed by atoms with Crippen molar-refractivity contribution >= 4 is 13.8 Å². The number of rotatable bonds is 4. The smallest absolute Gasteiger partial charge is 0.227 e. The molecule has 0 N–H and O–H groups in total. The molecular formula is C16H24N2O2Si. The second-order valence-corrected chi connectivity index (χ2v) is 11.3. The summed E-state index contributed by atoms with van der Waals surface area (Å²) < 4.78 is 0. The van der Waals surface area contributed by atoms with Gasteiger partial charge in [-0.3, -0.25) is 10.1 Å². The van der Waals surface area contributed by atoms with Gasteiger partial charge in [0.2, 0.25) is 6.04 Å². The number of nitrogens with zero attached hydrogens (tertiary/aromatic N) is 2. The first kappa shape index (κ1) is 17.2. The van der Waals surface area contributed by atoms with Crippen molar-refractivity contribution in [2.75, 3.05) is 19.0 Å². The highest BCUT2D eigenvalue weighted by atomic mass is 28.3. The van der Waals surface area contributed by atoms with Crippen LogP contribution in [-0.2, 0) is 0 Å². The maximum atomic E-state index is 11.2. The van der Waals surface area contributed by atoms with E-state index < -0.39 is 14.1 Å². The van der Waals surface area contributed by atoms with Gasteiger partial charge in [0.15, 0.2) is 0 Å². The third-order valence-electron chi connectivity index (χ3n) is 3.19. The maximum absolute atomic E-state index is 11.2. The lowest BCUT2D eigenvalue weighted by Crippen LogP contribution is -2.25. The summed E-state index contributed by atoms with van der Waals surface area (Å²) in [6, 6.07) is 7.13. The third kappa shape index (κ3) is 5.24. The van der Waals surface area contributed by atoms with Crippen molar-refractivity contribution in [3.05, 3.63) is 39.9 Å². The number of nitro groups is 1. The molecule has 0 aliphatic heterocycles. The van der Waals surface area contributed by atoms with Crippen LogP contribution in [-0.4, -0.2) is 33.1 Å². The average Bonchev–Trinajstić information content (AvgIpc) is 2.37. The molecule has 1 rings (SSSR count). The van der Waals surface area contributed by atoms with Crippen LogP contribution in [0.15, 0.2) is 24.3 Å². The topological polar surface area (TPSA) is 46.4 Å². The van der Waals surface area contributed by atoms with E-state index in [0.29, 0.717) is 0 Å². The van der Waals surface area contributed by atoms with Crippen molar-refractivity contribution in [2.45, 2.75) is 38.5 Å². The zero-order valence-electron chi connectivity index (χ0n) is 13.7. The Balaban J connectivity index is 3.17. The van der Waals surface area contributed by atoms with E-state index in [2.05, 4.69) is 31.1 Å². The highest BCUT2D eigenvalue weighted by Crippen LogP contribution is 2.24. The second kappa shape index (κ2) is 6.77. The van der Waals surface area contributed by atoms with E-state index in [1.54, 1.807) is 6.92 Å². The van der Waals surface area contributed by atoms with E-state index in [0.717, 1.165) is 11.3 Å². The summed E-state index contributed by atoms with van der Waals surface area (Å²) in [4.78, 5) is 12.9. The van der Waals surface area contributed by atoms with Crippen molar-refractivity contribution in [1.82, 2.24) is 0 Å². The van der Waals surface area contributed by atoms with E-state index in [4.69, 9.17) is 0 Å². The van der Waals surface area contributed by atoms with E-state index in [9.17, 15) is 10.1 Å². The molecular weight excluding hydrogens is 280 g/mol. The van der Waals surface area contributed by atoms with Crippen molar-refractivity contribution < 1.29 is 4.92 Å². The van der Waals surface area contributed by atoms with E-state index in [1.165, 1.54) is 0 Å². The van der Waals surface area contributed by atoms with Crippen LogP contribution >= 0.6 is 0 Å². The van der Waals surface area contributed by atoms with Crippen molar-refractivity contribution in [2.24, 2.45) is 0 Å². The fourth-order valence-electron chi connectivity index (χ4n) is 1.88. The van der Waals surface area contributed by atoms with Gasteiger partial charge in [0.1, 0.15) is 14.0 Å². The summed E-state index contributed by atoms with van der Waals surface area (Å²) in [5.41, 5.74) is 5.25. The molecule has 0 saturated carbocycles. The predicted molar refractivity (Wildman–Crippen MR) is 91.1 cm³/mol. The lowest BCUT2D eigenvalue weighted by Gasteiger charge is -2.17. The van der Waals surface area contributed by atoms with Crippen LogP contribution in [0.4, 0.5) is 5.69 Å². The molecule has 2 unspecified atom stereocenters. The molecule has 0 fully saturated rings. The summed E-state index contributed by atoms with van der Waals surface area (Å²) in [5.74, 6) is 2.80. The van der Waals surface area contributed by atoms with Crippen LogP contribution in [0.1, 0.15) is 18.4 Å². The van der Waals surface area contributed by atoms with Crippen LogP contribution in [0.2, 0.25) is 19.6 Å². The zero-order chi connectivity index (χ0) is 16.2. The Labute approximate surface area is 128 Å². The third-order valence-corrected chi connectivity index (χ3v) is 4.08. The number of hydrogen-bond acceptors (Lipinski definition) is 3. The fraction of sp³-hybridized carbons (Fsp3) is 0.500. The number of benzene rings is 1. The van der Waals surface area contributed by atoms with E-state index in [1.807, 2.05) is 43.3 Å². The van der Waals surface area contributed by atoms with E-state index >= 15 is 0 Å². The van der Waals surface area contributed by atoms with Crippen LogP contribution in [0.5, 0.6) is 0 Å². The van der Waals surface area contributed by atoms with Crippen molar-refractivity contribution in [3.8, 4) is 11.5 Å². The molecule has 0 amide bonds. The molecule has 0 heterocycles. The molecule has 2 atom stereocenters. The van der Waals surface area contributed by atoms with Crippen LogP contribution in [0.25, 0.3) is 0 Å². The largest absolute Gasteiger partial charge is 0.378 e. The standard InChI is InChI=1S/C16H24N2O2Si/c1-13(18(19)20)16(11-12-21(4,5)6)14-7-9-15(10-8-14)17(2)3/h7-10,13,16H,1-6H3. The van der Waals surface area contributed by atoms with Gasteiger partial charge in [0, 0.05) is 31.6 Å². The maximum Gasteiger partial charge on any atom is 0.227 e. The van der Waals surface area contributed by atoms with Crippen molar-refractivity contribution in [3.63, 3.8) is 0 Å². The lowest BCUT2D eigenvalue weighted by molar-refractivity contribution is -0.519. The Hall–Kier alpha value is -1.80. The van der Waals surface area contributed by atoms with Gasteiger partial charge in [0.25, 0.3) is 0 Å². The highest BCUT2D eigenvalue weighted by Gasteiger charge is 2.27. The first-order valence-corrected chi connectivity index (χ1v) is 10.6. The molecule has 21 heavy (non-hydrogen) atoms. The Morgan fingerprint density at radius 3 is 2.10 bits per heavy atom. The lowest BCUT2D eigenvalue weighted by atomic mass is 9.93. The summed E-state index contributed by atoms with van der Waals surface area (Å²) in [7, 11) is 2.38. The Bertz CT molecular complexity index is 550. The first-order valence-electron chi connectivity index (χ1n) is 7.05. The van der Waals surface area contributed by atoms with Gasteiger partial charge in [-0.05, 0) is 17.7 Å². The molecule has 0 aromatic heterocycles. The molecule has 0 saturated heterocycles. The summed E-state index contributed by atoms with van der Waals surface area (Å²) in [5, 5.41) is 11.2. The Morgan fingerprint density at radius 2 is 1.71 bits per heavy atom. The molecule has 0 bridgehead atoms. The van der Waals surface area contributed by atoms with Gasteiger partial charge >= 0.3 is 0 Å². The molecule has 4 nitrogen and oxygen atoms in total. The summed E-state index contributed by atoms with van der Waals surface area (Å²) in [6.07, 6.45) is 0. The molecule has 1 aromatic carbocycles. The minimum atomic E-state index is -1.55. The highest BCUT2D eigenvalue weighted by molar-refractivity contribution is 6.83. The molecule has 1 aromatic rings. The average molecular weight is 304 g/mol. The molecule has 5 heteroatoms. The number of hydrogen-bond donors (Lipinski definition) is 0. The molecule has 0 aliphatic rings. The minimum Gasteiger partial charge on any atom is -0.378 e. The molecule has 0 radical (unpaired) electrons. The summed E-state index contributed by atoms with van der Waals surface area (Å²) >= 11 is 0. The predicted octanol–water partition coefficient (Wildman–Crippen LogP) is 3.38. The Kier molecular flexibility index (Phi) is 5.56. The van der Waals surface area contributed by atoms with Gasteiger partial charge in [-0.1, -0.05) is 37.7 Å². The van der Waals surface area contributed by atoms with Gasteiger partial charge in [-0.15, -0.1) is 5.54 Å². The van der Waals surface area contributed by atoms with Gasteiger partial charge in [-0.2, -0.15) is 0 Å². The zero-order valence-corrected chi connectivity index (χ0v) is 14.7. The monoisotopic (exact) mass is 304 g/mol. The molecule has 0 spiro atoms. The quantitative estimate of drug-likeness (QED) is 0.371. The van der Waals surface area contributed by atoms with E-state index in [-0.39, 0.29) is 10.8 Å². The van der Waals surface area contributed by atoms with Gasteiger partial charge < -0.3 is 4.90 Å². The molecule has 0 aliphatic carbocycles. The van der Waals surface area contributed by atoms with Crippen LogP contribution in [0.3, 0.4) is 0 Å². The second-order valence-electron chi connectivity index (χ2n) is 6.51. The van der Waals surface area contributed by atoms with Crippen LogP contribution in [0, 0.1) is 21.6 Å². The number of anilines is 1.